The van der Waals surface area contributed by atoms with Gasteiger partial charge >= 0.3 is 0 Å². The van der Waals surface area contributed by atoms with Gasteiger partial charge in [0, 0.05) is 27.1 Å². The summed E-state index contributed by atoms with van der Waals surface area (Å²) in [5.41, 5.74) is 2.16. The fraction of sp³-hybridized carbons (Fsp3) is 0.0455. The van der Waals surface area contributed by atoms with E-state index in [0.29, 0.717) is 37.9 Å². The van der Waals surface area contributed by atoms with Gasteiger partial charge in [-0.2, -0.15) is 0 Å². The number of hydrogen-bond acceptors (Lipinski definition) is 4. The SMILES string of the molecule is CSc1c(C(=O)Nc2ccccc2Cl)ccc2c1C(=O)c1ccccc1C2=O. The maximum atomic E-state index is 13.1. The molecule has 28 heavy (non-hydrogen) atoms. The highest BCUT2D eigenvalue weighted by molar-refractivity contribution is 7.98. The molecule has 0 saturated carbocycles. The van der Waals surface area contributed by atoms with Crippen molar-refractivity contribution in [1.82, 2.24) is 0 Å². The number of amides is 1. The molecule has 0 aromatic heterocycles. The molecule has 1 aliphatic carbocycles. The van der Waals surface area contributed by atoms with Gasteiger partial charge in [-0.25, -0.2) is 0 Å². The number of carbonyl (C=O) groups is 3. The van der Waals surface area contributed by atoms with E-state index in [4.69, 9.17) is 11.6 Å². The fourth-order valence-corrected chi connectivity index (χ4v) is 4.27. The van der Waals surface area contributed by atoms with E-state index in [1.54, 1.807) is 66.9 Å². The molecule has 0 spiro atoms. The van der Waals surface area contributed by atoms with Gasteiger partial charge in [-0.05, 0) is 30.5 Å². The van der Waals surface area contributed by atoms with E-state index in [0.717, 1.165) is 0 Å². The molecular formula is C22H14ClNO3S. The van der Waals surface area contributed by atoms with Gasteiger partial charge in [0.15, 0.2) is 11.6 Å². The Balaban J connectivity index is 1.82. The summed E-state index contributed by atoms with van der Waals surface area (Å²) in [6.45, 7) is 0. The van der Waals surface area contributed by atoms with E-state index in [1.165, 1.54) is 11.8 Å². The van der Waals surface area contributed by atoms with Crippen molar-refractivity contribution in [2.75, 3.05) is 11.6 Å². The van der Waals surface area contributed by atoms with Crippen molar-refractivity contribution in [3.8, 4) is 0 Å². The van der Waals surface area contributed by atoms with Gasteiger partial charge in [-0.1, -0.05) is 48.0 Å². The Labute approximate surface area is 170 Å². The summed E-state index contributed by atoms with van der Waals surface area (Å²) < 4.78 is 0. The van der Waals surface area contributed by atoms with Crippen LogP contribution in [0.5, 0.6) is 0 Å². The molecule has 0 radical (unpaired) electrons. The second-order valence-electron chi connectivity index (χ2n) is 6.21. The topological polar surface area (TPSA) is 63.2 Å². The zero-order valence-electron chi connectivity index (χ0n) is 14.8. The van der Waals surface area contributed by atoms with Crippen LogP contribution in [-0.4, -0.2) is 23.7 Å². The average Bonchev–Trinajstić information content (AvgIpc) is 2.72. The maximum absolute atomic E-state index is 13.1. The molecule has 3 aromatic rings. The molecule has 1 N–H and O–H groups in total. The number of rotatable bonds is 3. The van der Waals surface area contributed by atoms with E-state index in [1.807, 2.05) is 0 Å². The van der Waals surface area contributed by atoms with Crippen molar-refractivity contribution in [3.63, 3.8) is 0 Å². The van der Waals surface area contributed by atoms with Crippen molar-refractivity contribution in [3.05, 3.63) is 93.5 Å². The minimum absolute atomic E-state index is 0.210. The first-order valence-electron chi connectivity index (χ1n) is 8.48. The number of thioether (sulfide) groups is 1. The average molecular weight is 408 g/mol. The van der Waals surface area contributed by atoms with Crippen molar-refractivity contribution in [2.45, 2.75) is 4.90 Å². The van der Waals surface area contributed by atoms with Gasteiger partial charge in [0.1, 0.15) is 0 Å². The van der Waals surface area contributed by atoms with Crippen LogP contribution in [0.2, 0.25) is 5.02 Å². The third-order valence-electron chi connectivity index (χ3n) is 4.62. The molecule has 138 valence electrons. The Morgan fingerprint density at radius 3 is 2.18 bits per heavy atom. The molecule has 0 saturated heterocycles. The van der Waals surface area contributed by atoms with Gasteiger partial charge in [-0.15, -0.1) is 11.8 Å². The van der Waals surface area contributed by atoms with Crippen LogP contribution in [0.25, 0.3) is 0 Å². The highest BCUT2D eigenvalue weighted by atomic mass is 35.5. The summed E-state index contributed by atoms with van der Waals surface area (Å²) in [4.78, 5) is 39.3. The molecule has 1 aliphatic rings. The van der Waals surface area contributed by atoms with Crippen LogP contribution in [0.1, 0.15) is 42.2 Å². The second-order valence-corrected chi connectivity index (χ2v) is 7.43. The standard InChI is InChI=1S/C22H14ClNO3S/c1-28-21-15(22(27)24-17-9-5-4-8-16(17)23)11-10-14-18(21)20(26)13-7-3-2-6-12(13)19(14)25/h2-11H,1H3,(H,24,27). The highest BCUT2D eigenvalue weighted by Gasteiger charge is 2.33. The quantitative estimate of drug-likeness (QED) is 0.480. The number of halogens is 1. The van der Waals surface area contributed by atoms with Gasteiger partial charge in [0.2, 0.25) is 0 Å². The molecule has 0 atom stereocenters. The molecule has 3 aromatic carbocycles. The lowest BCUT2D eigenvalue weighted by Crippen LogP contribution is -2.24. The molecule has 6 heteroatoms. The molecule has 0 aliphatic heterocycles. The number of fused-ring (bicyclic) bond motifs is 2. The molecule has 4 rings (SSSR count). The lowest BCUT2D eigenvalue weighted by Gasteiger charge is -2.21. The van der Waals surface area contributed by atoms with Crippen molar-refractivity contribution < 1.29 is 14.4 Å². The molecule has 0 fully saturated rings. The summed E-state index contributed by atoms with van der Waals surface area (Å²) in [5, 5.41) is 3.19. The van der Waals surface area contributed by atoms with Crippen LogP contribution in [0.3, 0.4) is 0 Å². The van der Waals surface area contributed by atoms with E-state index in [2.05, 4.69) is 5.32 Å². The van der Waals surface area contributed by atoms with Gasteiger partial charge in [-0.3, -0.25) is 14.4 Å². The van der Waals surface area contributed by atoms with Crippen molar-refractivity contribution in [1.29, 1.82) is 0 Å². The number of para-hydroxylation sites is 1. The predicted molar refractivity (Wildman–Crippen MR) is 111 cm³/mol. The Kier molecular flexibility index (Phi) is 4.79. The number of ketones is 2. The zero-order chi connectivity index (χ0) is 19.8. The van der Waals surface area contributed by atoms with Crippen molar-refractivity contribution >= 4 is 46.5 Å². The summed E-state index contributed by atoms with van der Waals surface area (Å²) in [6, 6.07) is 16.8. The number of hydrogen-bond donors (Lipinski definition) is 1. The third-order valence-corrected chi connectivity index (χ3v) is 5.78. The Bertz CT molecular complexity index is 1160. The third kappa shape index (κ3) is 2.93. The number of carbonyl (C=O) groups excluding carboxylic acids is 3. The molecule has 0 bridgehead atoms. The molecule has 4 nitrogen and oxygen atoms in total. The highest BCUT2D eigenvalue weighted by Crippen LogP contribution is 2.36. The number of benzene rings is 3. The largest absolute Gasteiger partial charge is 0.321 e. The summed E-state index contributed by atoms with van der Waals surface area (Å²) >= 11 is 7.39. The number of anilines is 1. The first-order valence-corrected chi connectivity index (χ1v) is 10.1. The first kappa shape index (κ1) is 18.5. The van der Waals surface area contributed by atoms with Crippen LogP contribution in [0, 0.1) is 0 Å². The summed E-state index contributed by atoms with van der Waals surface area (Å²) in [5.74, 6) is -0.847. The zero-order valence-corrected chi connectivity index (χ0v) is 16.4. The molecular weight excluding hydrogens is 394 g/mol. The molecule has 0 heterocycles. The van der Waals surface area contributed by atoms with E-state index >= 15 is 0 Å². The second kappa shape index (κ2) is 7.26. The number of nitrogens with one attached hydrogen (secondary N) is 1. The van der Waals surface area contributed by atoms with Crippen LogP contribution in [-0.2, 0) is 0 Å². The van der Waals surface area contributed by atoms with E-state index < -0.39 is 0 Å². The van der Waals surface area contributed by atoms with E-state index in [9.17, 15) is 14.4 Å². The van der Waals surface area contributed by atoms with Crippen LogP contribution < -0.4 is 5.32 Å². The minimum Gasteiger partial charge on any atom is -0.321 e. The molecule has 1 amide bonds. The lowest BCUT2D eigenvalue weighted by atomic mass is 9.83. The summed E-state index contributed by atoms with van der Waals surface area (Å²) in [7, 11) is 0. The summed E-state index contributed by atoms with van der Waals surface area (Å²) in [6.07, 6.45) is 1.78. The smallest absolute Gasteiger partial charge is 0.256 e. The fourth-order valence-electron chi connectivity index (χ4n) is 3.30. The van der Waals surface area contributed by atoms with Gasteiger partial charge in [0.25, 0.3) is 5.91 Å². The van der Waals surface area contributed by atoms with E-state index in [-0.39, 0.29) is 23.0 Å². The monoisotopic (exact) mass is 407 g/mol. The van der Waals surface area contributed by atoms with Crippen LogP contribution >= 0.6 is 23.4 Å². The van der Waals surface area contributed by atoms with Gasteiger partial charge in [0.05, 0.1) is 16.3 Å². The first-order chi connectivity index (χ1) is 13.5. The lowest BCUT2D eigenvalue weighted by molar-refractivity contribution is 0.0975. The molecule has 0 unspecified atom stereocenters. The van der Waals surface area contributed by atoms with Gasteiger partial charge < -0.3 is 5.32 Å². The van der Waals surface area contributed by atoms with Crippen LogP contribution in [0.15, 0.2) is 65.6 Å². The maximum Gasteiger partial charge on any atom is 0.256 e. The Morgan fingerprint density at radius 2 is 1.50 bits per heavy atom. The Morgan fingerprint density at radius 1 is 0.857 bits per heavy atom. The Hall–Kier alpha value is -2.89. The van der Waals surface area contributed by atoms with Crippen molar-refractivity contribution in [2.24, 2.45) is 0 Å². The minimum atomic E-state index is -0.389. The van der Waals surface area contributed by atoms with Crippen LogP contribution in [0.4, 0.5) is 5.69 Å². The normalized spacial score (nSPS) is 12.4. The predicted octanol–water partition coefficient (Wildman–Crippen LogP) is 5.09.